The molecule has 0 amide bonds. The molecular formula is C23H28O6. The number of aldehydes is 2. The third-order valence-electron chi connectivity index (χ3n) is 6.91. The van der Waals surface area contributed by atoms with Crippen LogP contribution in [0.25, 0.3) is 0 Å². The third kappa shape index (κ3) is 2.69. The zero-order valence-corrected chi connectivity index (χ0v) is 17.3. The second kappa shape index (κ2) is 6.41. The van der Waals surface area contributed by atoms with Crippen molar-refractivity contribution in [1.29, 1.82) is 0 Å². The van der Waals surface area contributed by atoms with Gasteiger partial charge in [-0.15, -0.1) is 0 Å². The fourth-order valence-corrected chi connectivity index (χ4v) is 5.52. The van der Waals surface area contributed by atoms with Crippen LogP contribution in [0.2, 0.25) is 0 Å². The van der Waals surface area contributed by atoms with Crippen LogP contribution >= 0.6 is 0 Å². The van der Waals surface area contributed by atoms with Gasteiger partial charge in [0.05, 0.1) is 11.1 Å². The summed E-state index contributed by atoms with van der Waals surface area (Å²) in [5.74, 6) is 0.193. The molecule has 5 unspecified atom stereocenters. The van der Waals surface area contributed by atoms with Gasteiger partial charge in [-0.3, -0.25) is 9.59 Å². The Bertz CT molecular complexity index is 912. The first-order chi connectivity index (χ1) is 13.6. The van der Waals surface area contributed by atoms with Crippen molar-refractivity contribution in [3.05, 3.63) is 34.4 Å². The Hall–Kier alpha value is -2.18. The molecular weight excluding hydrogens is 372 g/mol. The molecule has 156 valence electrons. The molecule has 2 aliphatic heterocycles. The van der Waals surface area contributed by atoms with E-state index >= 15 is 0 Å². The molecule has 2 N–H and O–H groups in total. The predicted molar refractivity (Wildman–Crippen MR) is 107 cm³/mol. The molecule has 0 spiro atoms. The van der Waals surface area contributed by atoms with E-state index in [1.165, 1.54) is 11.6 Å². The number of ether oxygens (including phenoxy) is 2. The van der Waals surface area contributed by atoms with Crippen LogP contribution in [-0.2, 0) is 5.60 Å². The highest BCUT2D eigenvalue weighted by Gasteiger charge is 2.69. The van der Waals surface area contributed by atoms with Gasteiger partial charge in [-0.05, 0) is 59.4 Å². The predicted octanol–water partition coefficient (Wildman–Crippen LogP) is 3.32. The minimum absolute atomic E-state index is 0.0906. The van der Waals surface area contributed by atoms with Crippen LogP contribution in [0.15, 0.2) is 17.7 Å². The molecule has 0 aromatic heterocycles. The number of rotatable bonds is 5. The SMILES string of the molecule is CC(C)=CCCC1(C)Oc2cc(C=O)c(C=O)c3c2C2(O)C(O3)C(C)(O)CCC12. The van der Waals surface area contributed by atoms with Crippen molar-refractivity contribution in [1.82, 2.24) is 0 Å². The van der Waals surface area contributed by atoms with Crippen molar-refractivity contribution in [2.24, 2.45) is 5.92 Å². The van der Waals surface area contributed by atoms with Gasteiger partial charge in [0.1, 0.15) is 28.3 Å². The van der Waals surface area contributed by atoms with E-state index in [9.17, 15) is 19.8 Å². The maximum Gasteiger partial charge on any atom is 0.160 e. The van der Waals surface area contributed by atoms with E-state index in [4.69, 9.17) is 9.47 Å². The zero-order valence-electron chi connectivity index (χ0n) is 17.3. The molecule has 4 rings (SSSR count). The van der Waals surface area contributed by atoms with Crippen LogP contribution in [0, 0.1) is 5.92 Å². The average molecular weight is 400 g/mol. The Kier molecular flexibility index (Phi) is 4.44. The molecule has 29 heavy (non-hydrogen) atoms. The summed E-state index contributed by atoms with van der Waals surface area (Å²) in [4.78, 5) is 23.3. The van der Waals surface area contributed by atoms with Crippen molar-refractivity contribution >= 4 is 12.6 Å². The standard InChI is InChI=1S/C23H28O6/c1-13(2)6-5-8-22(4)17-7-9-21(3,26)20-23(17,27)18-16(29-22)10-14(11-24)15(12-25)19(18)28-20/h6,10-12,17,20,26-27H,5,7-9H2,1-4H3. The molecule has 1 aliphatic carbocycles. The summed E-state index contributed by atoms with van der Waals surface area (Å²) in [5, 5.41) is 23.1. The molecule has 0 saturated heterocycles. The summed E-state index contributed by atoms with van der Waals surface area (Å²) in [7, 11) is 0. The third-order valence-corrected chi connectivity index (χ3v) is 6.91. The molecule has 1 aromatic rings. The summed E-state index contributed by atoms with van der Waals surface area (Å²) < 4.78 is 12.5. The maximum atomic E-state index is 12.0. The van der Waals surface area contributed by atoms with Gasteiger partial charge < -0.3 is 19.7 Å². The summed E-state index contributed by atoms with van der Waals surface area (Å²) in [5.41, 5.74) is -1.65. The highest BCUT2D eigenvalue weighted by Crippen LogP contribution is 2.64. The van der Waals surface area contributed by atoms with Crippen molar-refractivity contribution in [3.63, 3.8) is 0 Å². The lowest BCUT2D eigenvalue weighted by Gasteiger charge is -2.56. The first-order valence-electron chi connectivity index (χ1n) is 10.1. The second-order valence-electron chi connectivity index (χ2n) is 9.32. The van der Waals surface area contributed by atoms with E-state index in [1.54, 1.807) is 6.92 Å². The fraction of sp³-hybridized carbons (Fsp3) is 0.565. The van der Waals surface area contributed by atoms with Crippen LogP contribution in [0.5, 0.6) is 11.5 Å². The van der Waals surface area contributed by atoms with Crippen molar-refractivity contribution in [2.75, 3.05) is 0 Å². The molecule has 1 saturated carbocycles. The van der Waals surface area contributed by atoms with Crippen LogP contribution < -0.4 is 9.47 Å². The van der Waals surface area contributed by atoms with Gasteiger partial charge in [-0.25, -0.2) is 0 Å². The van der Waals surface area contributed by atoms with Crippen molar-refractivity contribution in [2.45, 2.75) is 76.3 Å². The smallest absolute Gasteiger partial charge is 0.160 e. The molecule has 0 bridgehead atoms. The number of benzene rings is 1. The van der Waals surface area contributed by atoms with Gasteiger partial charge in [0.25, 0.3) is 0 Å². The lowest BCUT2D eigenvalue weighted by atomic mass is 9.58. The van der Waals surface area contributed by atoms with E-state index in [2.05, 4.69) is 6.08 Å². The Labute approximate surface area is 170 Å². The lowest BCUT2D eigenvalue weighted by molar-refractivity contribution is -0.235. The molecule has 2 heterocycles. The Morgan fingerprint density at radius 1 is 1.24 bits per heavy atom. The van der Waals surface area contributed by atoms with Gasteiger partial charge in [-0.1, -0.05) is 11.6 Å². The minimum atomic E-state index is -1.50. The fourth-order valence-electron chi connectivity index (χ4n) is 5.52. The first-order valence-corrected chi connectivity index (χ1v) is 10.1. The van der Waals surface area contributed by atoms with Crippen molar-refractivity contribution in [3.8, 4) is 11.5 Å². The molecule has 0 radical (unpaired) electrons. The van der Waals surface area contributed by atoms with Gasteiger partial charge in [-0.2, -0.15) is 0 Å². The molecule has 1 aromatic carbocycles. The first kappa shape index (κ1) is 20.1. The zero-order chi connectivity index (χ0) is 21.2. The van der Waals surface area contributed by atoms with E-state index < -0.39 is 22.9 Å². The van der Waals surface area contributed by atoms with Crippen LogP contribution in [0.3, 0.4) is 0 Å². The van der Waals surface area contributed by atoms with Crippen LogP contribution in [-0.4, -0.2) is 40.1 Å². The monoisotopic (exact) mass is 400 g/mol. The van der Waals surface area contributed by atoms with Crippen LogP contribution in [0.1, 0.15) is 79.7 Å². The van der Waals surface area contributed by atoms with E-state index in [-0.39, 0.29) is 22.8 Å². The number of carbonyl (C=O) groups is 2. The molecule has 5 atom stereocenters. The Balaban J connectivity index is 1.92. The molecule has 1 fully saturated rings. The summed E-state index contributed by atoms with van der Waals surface area (Å²) in [6.45, 7) is 7.69. The number of carbonyl (C=O) groups excluding carboxylic acids is 2. The average Bonchev–Trinajstić information content (AvgIpc) is 2.96. The van der Waals surface area contributed by atoms with Gasteiger partial charge in [0.15, 0.2) is 18.7 Å². The topological polar surface area (TPSA) is 93.1 Å². The van der Waals surface area contributed by atoms with Gasteiger partial charge >= 0.3 is 0 Å². The Morgan fingerprint density at radius 3 is 2.59 bits per heavy atom. The molecule has 6 heteroatoms. The van der Waals surface area contributed by atoms with Crippen LogP contribution in [0.4, 0.5) is 0 Å². The van der Waals surface area contributed by atoms with E-state index in [0.717, 1.165) is 6.42 Å². The minimum Gasteiger partial charge on any atom is -0.487 e. The molecule has 3 aliphatic rings. The molecule has 6 nitrogen and oxygen atoms in total. The number of hydrogen-bond donors (Lipinski definition) is 2. The maximum absolute atomic E-state index is 12.0. The normalized spacial score (nSPS) is 36.5. The number of allylic oxidation sites excluding steroid dienone is 2. The van der Waals surface area contributed by atoms with Gasteiger partial charge in [0.2, 0.25) is 0 Å². The van der Waals surface area contributed by atoms with E-state index in [0.29, 0.717) is 43.1 Å². The Morgan fingerprint density at radius 2 is 1.97 bits per heavy atom. The second-order valence-corrected chi connectivity index (χ2v) is 9.32. The quantitative estimate of drug-likeness (QED) is 0.582. The van der Waals surface area contributed by atoms with Crippen molar-refractivity contribution < 1.29 is 29.3 Å². The summed E-state index contributed by atoms with van der Waals surface area (Å²) >= 11 is 0. The number of hydrogen-bond acceptors (Lipinski definition) is 6. The lowest BCUT2D eigenvalue weighted by Crippen LogP contribution is -2.67. The highest BCUT2D eigenvalue weighted by molar-refractivity contribution is 5.95. The number of aliphatic hydroxyl groups is 2. The summed E-state index contributed by atoms with van der Waals surface area (Å²) in [6, 6.07) is 1.51. The highest BCUT2D eigenvalue weighted by atomic mass is 16.5. The van der Waals surface area contributed by atoms with Gasteiger partial charge in [0, 0.05) is 11.5 Å². The summed E-state index contributed by atoms with van der Waals surface area (Å²) in [6.07, 6.45) is 4.79. The largest absolute Gasteiger partial charge is 0.487 e. The van der Waals surface area contributed by atoms with E-state index in [1.807, 2.05) is 20.8 Å².